The average Bonchev–Trinajstić information content (AvgIpc) is 3.74. The van der Waals surface area contributed by atoms with Crippen molar-refractivity contribution in [3.8, 4) is 0 Å². The van der Waals surface area contributed by atoms with Gasteiger partial charge in [0.2, 0.25) is 11.6 Å². The quantitative estimate of drug-likeness (QED) is 0.0631. The number of hydrogen-bond donors (Lipinski definition) is 2. The van der Waals surface area contributed by atoms with Gasteiger partial charge >= 0.3 is 24.4 Å². The zero-order chi connectivity index (χ0) is 51.3. The standard InChI is InChI=1S/C52H86N4O16/c1-33-17-19-39-35(3)41(65-43-51(39)37(33)21-23-49(5,67-43)69-71-51)15-11-31-63-45(57)53-25-13-29-55(47(59)61-7)27-9-10-28-56(48(60)62-8)30-14-26-54-46(58)64-32-12-16-42-36(4)40-20-18-34(2)38-22-24-50(6)68-44(66-42)52(38,40)72-70-50/h33-44H,9-32H2,1-8H3,(H,53,57)(H,54,58)/t33-,34-,35-,36-,37+,38+,39+,40+,41-,42-,43-,44-,49-,50-,51-,52-/m1/s1. The SMILES string of the molecule is COC(=O)N(CCCCN(CCCNC(=O)OCCC[C@H]1O[C@@H]2O[C@@]3(C)CC[C@H]4[C@H](C)CC[C@@H]([C@H]1C)[C@@]24OO3)C(=O)OC)CCCNC(=O)OCCC[C@H]1O[C@@H]2O[C@@]3(C)CC[C@H]4[C@H](C)CC[C@@H]([C@H]1C)[C@@]24OO3. The molecule has 2 aliphatic carbocycles. The lowest BCUT2D eigenvalue weighted by atomic mass is 9.57. The highest BCUT2D eigenvalue weighted by atomic mass is 17.3. The molecule has 0 unspecified atom stereocenters. The van der Waals surface area contributed by atoms with E-state index in [-0.39, 0.29) is 49.1 Å². The van der Waals surface area contributed by atoms with Gasteiger partial charge in [-0.1, -0.05) is 27.7 Å². The van der Waals surface area contributed by atoms with Gasteiger partial charge < -0.3 is 58.3 Å². The van der Waals surface area contributed by atoms with Crippen LogP contribution in [0.25, 0.3) is 0 Å². The van der Waals surface area contributed by atoms with Gasteiger partial charge in [0.05, 0.1) is 39.6 Å². The Morgan fingerprint density at radius 2 is 0.931 bits per heavy atom. The summed E-state index contributed by atoms with van der Waals surface area (Å²) in [7, 11) is 2.67. The van der Waals surface area contributed by atoms with Gasteiger partial charge in [-0.15, -0.1) is 0 Å². The molecule has 4 amide bonds. The Labute approximate surface area is 426 Å². The van der Waals surface area contributed by atoms with Crippen LogP contribution in [0.3, 0.4) is 0 Å². The van der Waals surface area contributed by atoms with E-state index in [0.29, 0.717) is 101 Å². The van der Waals surface area contributed by atoms with E-state index in [2.05, 4.69) is 38.3 Å². The van der Waals surface area contributed by atoms with Crippen molar-refractivity contribution in [3.63, 3.8) is 0 Å². The predicted molar refractivity (Wildman–Crippen MR) is 257 cm³/mol. The van der Waals surface area contributed by atoms with Crippen molar-refractivity contribution >= 4 is 24.4 Å². The summed E-state index contributed by atoms with van der Waals surface area (Å²) in [6.07, 6.45) is 9.73. The first-order valence-electron chi connectivity index (χ1n) is 27.4. The fourth-order valence-corrected chi connectivity index (χ4v) is 14.0. The van der Waals surface area contributed by atoms with Crippen LogP contribution in [-0.2, 0) is 57.4 Å². The predicted octanol–water partition coefficient (Wildman–Crippen LogP) is 8.20. The van der Waals surface area contributed by atoms with Crippen molar-refractivity contribution in [1.82, 2.24) is 20.4 Å². The summed E-state index contributed by atoms with van der Waals surface area (Å²) in [5.74, 6) is 0.963. The molecule has 16 atom stereocenters. The van der Waals surface area contributed by atoms with Crippen molar-refractivity contribution < 1.29 is 76.6 Å². The summed E-state index contributed by atoms with van der Waals surface area (Å²) in [5.41, 5.74) is -1.19. The minimum Gasteiger partial charge on any atom is -0.453 e. The van der Waals surface area contributed by atoms with Crippen LogP contribution in [-0.4, -0.2) is 148 Å². The first-order chi connectivity index (χ1) is 34.6. The second-order valence-corrected chi connectivity index (χ2v) is 22.6. The highest BCUT2D eigenvalue weighted by molar-refractivity contribution is 5.68. The molecule has 10 aliphatic rings. The maximum absolute atomic E-state index is 12.6. The molecule has 72 heavy (non-hydrogen) atoms. The minimum atomic E-state index is -0.818. The third-order valence-corrected chi connectivity index (χ3v) is 18.0. The molecule has 8 saturated heterocycles. The Hall–Kier alpha value is -3.24. The summed E-state index contributed by atoms with van der Waals surface area (Å²) in [4.78, 5) is 78.0. The van der Waals surface area contributed by atoms with Crippen LogP contribution < -0.4 is 10.6 Å². The molecule has 2 spiro atoms. The van der Waals surface area contributed by atoms with E-state index >= 15 is 0 Å². The Bertz CT molecular complexity index is 1720. The lowest BCUT2D eigenvalue weighted by Gasteiger charge is -2.60. The highest BCUT2D eigenvalue weighted by Gasteiger charge is 2.70. The fourth-order valence-electron chi connectivity index (χ4n) is 14.0. The van der Waals surface area contributed by atoms with Crippen molar-refractivity contribution in [1.29, 1.82) is 0 Å². The van der Waals surface area contributed by atoms with Gasteiger partial charge in [-0.05, 0) is 139 Å². The number of nitrogens with zero attached hydrogens (tertiary/aromatic N) is 2. The van der Waals surface area contributed by atoms with Crippen molar-refractivity contribution in [2.24, 2.45) is 47.3 Å². The largest absolute Gasteiger partial charge is 0.453 e. The third-order valence-electron chi connectivity index (χ3n) is 18.0. The van der Waals surface area contributed by atoms with Gasteiger partial charge in [-0.25, -0.2) is 38.7 Å². The summed E-state index contributed by atoms with van der Waals surface area (Å²) in [5, 5.41) is 5.58. The molecule has 2 saturated carbocycles. The Morgan fingerprint density at radius 3 is 1.33 bits per heavy atom. The van der Waals surface area contributed by atoms with E-state index in [4.69, 9.17) is 57.4 Å². The number of alkyl carbamates (subject to hydrolysis) is 2. The molecule has 410 valence electrons. The van der Waals surface area contributed by atoms with E-state index in [9.17, 15) is 19.2 Å². The molecule has 2 N–H and O–H groups in total. The van der Waals surface area contributed by atoms with Crippen molar-refractivity contribution in [3.05, 3.63) is 0 Å². The zero-order valence-electron chi connectivity index (χ0n) is 44.3. The molecule has 10 fully saturated rings. The lowest BCUT2D eigenvalue weighted by molar-refractivity contribution is -0.571. The Morgan fingerprint density at radius 1 is 0.528 bits per heavy atom. The first-order valence-corrected chi connectivity index (χ1v) is 27.4. The van der Waals surface area contributed by atoms with Crippen LogP contribution in [0.2, 0.25) is 0 Å². The molecule has 0 aromatic carbocycles. The van der Waals surface area contributed by atoms with Crippen LogP contribution in [0.1, 0.15) is 144 Å². The number of amides is 4. The molecule has 10 rings (SSSR count). The van der Waals surface area contributed by atoms with Gasteiger partial charge in [-0.2, -0.15) is 0 Å². The topological polar surface area (TPSA) is 210 Å². The lowest BCUT2D eigenvalue weighted by Crippen LogP contribution is -2.70. The van der Waals surface area contributed by atoms with Gasteiger partial charge in [-0.3, -0.25) is 0 Å². The van der Waals surface area contributed by atoms with Crippen LogP contribution in [0.4, 0.5) is 19.2 Å². The third kappa shape index (κ3) is 11.6. The molecule has 8 aliphatic heterocycles. The molecule has 4 bridgehead atoms. The number of methoxy groups -OCH3 is 2. The Kier molecular flexibility index (Phi) is 18.1. The molecule has 0 aromatic heterocycles. The summed E-state index contributed by atoms with van der Waals surface area (Å²) in [6, 6.07) is 0. The number of rotatable bonds is 21. The molecule has 8 heterocycles. The smallest absolute Gasteiger partial charge is 0.409 e. The fraction of sp³-hybridized carbons (Fsp3) is 0.923. The zero-order valence-corrected chi connectivity index (χ0v) is 44.3. The maximum atomic E-state index is 12.6. The second-order valence-electron chi connectivity index (χ2n) is 22.6. The summed E-state index contributed by atoms with van der Waals surface area (Å²) >= 11 is 0. The average molecular weight is 1020 g/mol. The van der Waals surface area contributed by atoms with Crippen LogP contribution in [0.15, 0.2) is 0 Å². The van der Waals surface area contributed by atoms with E-state index in [0.717, 1.165) is 64.2 Å². The number of nitrogens with one attached hydrogen (secondary N) is 2. The van der Waals surface area contributed by atoms with Crippen molar-refractivity contribution in [2.45, 2.75) is 192 Å². The molecule has 20 nitrogen and oxygen atoms in total. The van der Waals surface area contributed by atoms with Gasteiger partial charge in [0.1, 0.15) is 0 Å². The van der Waals surface area contributed by atoms with Gasteiger partial charge in [0.25, 0.3) is 0 Å². The molecule has 0 aromatic rings. The minimum absolute atomic E-state index is 0.0532. The number of ether oxygens (including phenoxy) is 8. The number of unbranched alkanes of at least 4 members (excludes halogenated alkanes) is 1. The molecular formula is C52H86N4O16. The monoisotopic (exact) mass is 1020 g/mol. The van der Waals surface area contributed by atoms with Gasteiger partial charge in [0, 0.05) is 63.9 Å². The van der Waals surface area contributed by atoms with Crippen LogP contribution in [0, 0.1) is 47.3 Å². The molecular weight excluding hydrogens is 937 g/mol. The van der Waals surface area contributed by atoms with Crippen molar-refractivity contribution in [2.75, 3.05) is 66.7 Å². The van der Waals surface area contributed by atoms with Crippen LogP contribution in [0.5, 0.6) is 0 Å². The number of fused-ring (bicyclic) bond motifs is 4. The van der Waals surface area contributed by atoms with Gasteiger partial charge in [0.15, 0.2) is 23.8 Å². The highest BCUT2D eigenvalue weighted by Crippen LogP contribution is 2.62. The second kappa shape index (κ2) is 23.8. The number of carbonyl (C=O) groups is 4. The van der Waals surface area contributed by atoms with E-state index in [1.54, 1.807) is 9.80 Å². The summed E-state index contributed by atoms with van der Waals surface area (Å²) in [6.45, 7) is 15.6. The van der Waals surface area contributed by atoms with Crippen LogP contribution >= 0.6 is 0 Å². The maximum Gasteiger partial charge on any atom is 0.409 e. The normalized spacial score (nSPS) is 39.3. The molecule has 0 radical (unpaired) electrons. The summed E-state index contributed by atoms with van der Waals surface area (Å²) < 4.78 is 47.3. The van der Waals surface area contributed by atoms with E-state index < -0.39 is 59.7 Å². The van der Waals surface area contributed by atoms with E-state index in [1.807, 2.05) is 13.8 Å². The first kappa shape index (κ1) is 55.0. The number of carbonyl (C=O) groups excluding carboxylic acids is 4. The van der Waals surface area contributed by atoms with E-state index in [1.165, 1.54) is 14.2 Å². The Balaban J connectivity index is 0.669. The number of hydrogen-bond acceptors (Lipinski definition) is 16. The molecule has 20 heteroatoms.